The van der Waals surface area contributed by atoms with Gasteiger partial charge in [-0.15, -0.1) is 0 Å². The molecule has 100 valence electrons. The Hall–Kier alpha value is -0.0400. The highest BCUT2D eigenvalue weighted by molar-refractivity contribution is 4.87. The van der Waals surface area contributed by atoms with Crippen molar-refractivity contribution in [3.05, 3.63) is 0 Å². The Morgan fingerprint density at radius 3 is 2.24 bits per heavy atom. The fourth-order valence-corrected chi connectivity index (χ4v) is 4.38. The lowest BCUT2D eigenvalue weighted by molar-refractivity contribution is -0.00130. The second-order valence-corrected chi connectivity index (χ2v) is 6.44. The third-order valence-electron chi connectivity index (χ3n) is 5.59. The number of hydrogen-bond donors (Lipinski definition) is 1. The van der Waals surface area contributed by atoms with Crippen LogP contribution in [0.1, 0.15) is 71.6 Å². The maximum absolute atomic E-state index is 10.5. The van der Waals surface area contributed by atoms with Crippen molar-refractivity contribution in [2.45, 2.75) is 77.7 Å². The van der Waals surface area contributed by atoms with Gasteiger partial charge in [0, 0.05) is 0 Å². The standard InChI is InChI=1S/C16H30O/c1-3-12(4-2)16(17)15-10-9-13-7-5-6-8-14(13)11-15/h12-17H,3-11H2,1-2H3. The van der Waals surface area contributed by atoms with Crippen LogP contribution in [0.4, 0.5) is 0 Å². The van der Waals surface area contributed by atoms with Gasteiger partial charge in [0.05, 0.1) is 6.10 Å². The summed E-state index contributed by atoms with van der Waals surface area (Å²) in [4.78, 5) is 0. The van der Waals surface area contributed by atoms with Gasteiger partial charge in [0.2, 0.25) is 0 Å². The molecule has 0 saturated heterocycles. The minimum Gasteiger partial charge on any atom is -0.393 e. The Bertz CT molecular complexity index is 222. The summed E-state index contributed by atoms with van der Waals surface area (Å²) in [7, 11) is 0. The fraction of sp³-hybridized carbons (Fsp3) is 1.00. The molecule has 2 saturated carbocycles. The zero-order valence-corrected chi connectivity index (χ0v) is 11.7. The summed E-state index contributed by atoms with van der Waals surface area (Å²) in [6.45, 7) is 4.45. The first-order valence-electron chi connectivity index (χ1n) is 7.94. The lowest BCUT2D eigenvalue weighted by Gasteiger charge is -2.42. The lowest BCUT2D eigenvalue weighted by Crippen LogP contribution is -2.36. The van der Waals surface area contributed by atoms with Crippen LogP contribution in [0.3, 0.4) is 0 Å². The Kier molecular flexibility index (Phi) is 4.90. The summed E-state index contributed by atoms with van der Waals surface area (Å²) in [5.41, 5.74) is 0. The number of hydrogen-bond acceptors (Lipinski definition) is 1. The first-order chi connectivity index (χ1) is 8.26. The molecule has 0 amide bonds. The number of rotatable bonds is 4. The highest BCUT2D eigenvalue weighted by atomic mass is 16.3. The topological polar surface area (TPSA) is 20.2 Å². The zero-order valence-electron chi connectivity index (χ0n) is 11.7. The van der Waals surface area contributed by atoms with E-state index in [1.54, 1.807) is 0 Å². The summed E-state index contributed by atoms with van der Waals surface area (Å²) in [6, 6.07) is 0. The van der Waals surface area contributed by atoms with Crippen LogP contribution in [-0.4, -0.2) is 11.2 Å². The monoisotopic (exact) mass is 238 g/mol. The Morgan fingerprint density at radius 1 is 0.941 bits per heavy atom. The largest absolute Gasteiger partial charge is 0.393 e. The first-order valence-corrected chi connectivity index (χ1v) is 7.94. The van der Waals surface area contributed by atoms with E-state index in [2.05, 4.69) is 13.8 Å². The van der Waals surface area contributed by atoms with Gasteiger partial charge < -0.3 is 5.11 Å². The molecular weight excluding hydrogens is 208 g/mol. The predicted octanol–water partition coefficient (Wildman–Crippen LogP) is 4.39. The van der Waals surface area contributed by atoms with E-state index in [1.165, 1.54) is 44.9 Å². The van der Waals surface area contributed by atoms with Gasteiger partial charge in [0.15, 0.2) is 0 Å². The van der Waals surface area contributed by atoms with Gasteiger partial charge in [-0.05, 0) is 42.9 Å². The second-order valence-electron chi connectivity index (χ2n) is 6.44. The minimum atomic E-state index is -0.0205. The van der Waals surface area contributed by atoms with E-state index < -0.39 is 0 Å². The molecule has 0 radical (unpaired) electrons. The van der Waals surface area contributed by atoms with E-state index in [9.17, 15) is 5.11 Å². The molecule has 4 atom stereocenters. The van der Waals surface area contributed by atoms with Crippen molar-refractivity contribution >= 4 is 0 Å². The van der Waals surface area contributed by atoms with Crippen molar-refractivity contribution in [2.24, 2.45) is 23.7 Å². The summed E-state index contributed by atoms with van der Waals surface area (Å²) in [5, 5.41) is 10.5. The molecule has 4 unspecified atom stereocenters. The Morgan fingerprint density at radius 2 is 1.59 bits per heavy atom. The third-order valence-corrected chi connectivity index (χ3v) is 5.59. The molecule has 2 fully saturated rings. The molecule has 0 heterocycles. The summed E-state index contributed by atoms with van der Waals surface area (Å²) < 4.78 is 0. The van der Waals surface area contributed by atoms with Crippen molar-refractivity contribution in [2.75, 3.05) is 0 Å². The van der Waals surface area contributed by atoms with Gasteiger partial charge in [-0.2, -0.15) is 0 Å². The smallest absolute Gasteiger partial charge is 0.0596 e. The highest BCUT2D eigenvalue weighted by Crippen LogP contribution is 2.44. The van der Waals surface area contributed by atoms with Crippen LogP contribution < -0.4 is 0 Å². The van der Waals surface area contributed by atoms with E-state index in [0.29, 0.717) is 11.8 Å². The first kappa shape index (κ1) is 13.4. The van der Waals surface area contributed by atoms with Crippen LogP contribution in [0.15, 0.2) is 0 Å². The molecule has 0 aliphatic heterocycles. The molecule has 1 N–H and O–H groups in total. The molecule has 1 heteroatoms. The normalized spacial score (nSPS) is 35.6. The quantitative estimate of drug-likeness (QED) is 0.770. The summed E-state index contributed by atoms with van der Waals surface area (Å²) in [5.74, 6) is 3.11. The molecule has 1 nitrogen and oxygen atoms in total. The van der Waals surface area contributed by atoms with Crippen LogP contribution in [-0.2, 0) is 0 Å². The van der Waals surface area contributed by atoms with Crippen LogP contribution >= 0.6 is 0 Å². The van der Waals surface area contributed by atoms with E-state index in [1.807, 2.05) is 0 Å². The van der Waals surface area contributed by atoms with E-state index in [4.69, 9.17) is 0 Å². The Balaban J connectivity index is 1.90. The van der Waals surface area contributed by atoms with Gasteiger partial charge in [-0.25, -0.2) is 0 Å². The minimum absolute atomic E-state index is 0.0205. The maximum Gasteiger partial charge on any atom is 0.0596 e. The maximum atomic E-state index is 10.5. The summed E-state index contributed by atoms with van der Waals surface area (Å²) >= 11 is 0. The van der Waals surface area contributed by atoms with Crippen molar-refractivity contribution in [1.29, 1.82) is 0 Å². The van der Waals surface area contributed by atoms with Crippen LogP contribution in [0.2, 0.25) is 0 Å². The van der Waals surface area contributed by atoms with Gasteiger partial charge in [-0.1, -0.05) is 52.4 Å². The van der Waals surface area contributed by atoms with Crippen LogP contribution in [0, 0.1) is 23.7 Å². The predicted molar refractivity (Wildman–Crippen MR) is 72.9 cm³/mol. The van der Waals surface area contributed by atoms with Crippen molar-refractivity contribution in [1.82, 2.24) is 0 Å². The van der Waals surface area contributed by atoms with Gasteiger partial charge >= 0.3 is 0 Å². The van der Waals surface area contributed by atoms with Gasteiger partial charge in [0.25, 0.3) is 0 Å². The third kappa shape index (κ3) is 3.05. The molecule has 0 aromatic carbocycles. The average Bonchev–Trinajstić information content (AvgIpc) is 2.39. The van der Waals surface area contributed by atoms with Gasteiger partial charge in [0.1, 0.15) is 0 Å². The lowest BCUT2D eigenvalue weighted by atomic mass is 9.65. The number of aliphatic hydroxyl groups excluding tert-OH is 1. The van der Waals surface area contributed by atoms with Crippen molar-refractivity contribution in [3.8, 4) is 0 Å². The van der Waals surface area contributed by atoms with E-state index in [-0.39, 0.29) is 6.10 Å². The zero-order chi connectivity index (χ0) is 12.3. The van der Waals surface area contributed by atoms with Crippen LogP contribution in [0.5, 0.6) is 0 Å². The van der Waals surface area contributed by atoms with Crippen LogP contribution in [0.25, 0.3) is 0 Å². The molecular formula is C16H30O. The Labute approximate surface area is 107 Å². The summed E-state index contributed by atoms with van der Waals surface area (Å²) in [6.07, 6.45) is 12.1. The molecule has 2 aliphatic carbocycles. The SMILES string of the molecule is CCC(CC)C(O)C1CCC2CCCCC2C1. The molecule has 2 aliphatic rings. The number of fused-ring (bicyclic) bond motifs is 1. The van der Waals surface area contributed by atoms with E-state index in [0.717, 1.165) is 24.7 Å². The second kappa shape index (κ2) is 6.22. The van der Waals surface area contributed by atoms with E-state index >= 15 is 0 Å². The molecule has 0 aromatic rings. The van der Waals surface area contributed by atoms with Crippen molar-refractivity contribution in [3.63, 3.8) is 0 Å². The fourth-order valence-electron chi connectivity index (χ4n) is 4.38. The number of aliphatic hydroxyl groups is 1. The molecule has 17 heavy (non-hydrogen) atoms. The average molecular weight is 238 g/mol. The molecule has 2 rings (SSSR count). The van der Waals surface area contributed by atoms with Crippen molar-refractivity contribution < 1.29 is 5.11 Å². The highest BCUT2D eigenvalue weighted by Gasteiger charge is 2.36. The molecule has 0 bridgehead atoms. The van der Waals surface area contributed by atoms with Gasteiger partial charge in [-0.3, -0.25) is 0 Å². The molecule has 0 aromatic heterocycles. The molecule has 0 spiro atoms.